The van der Waals surface area contributed by atoms with Crippen molar-refractivity contribution in [3.63, 3.8) is 0 Å². The summed E-state index contributed by atoms with van der Waals surface area (Å²) in [7, 11) is 4.68. The molecular weight excluding hydrogens is 761 g/mol. The lowest BCUT2D eigenvalue weighted by Gasteiger charge is -2.32. The van der Waals surface area contributed by atoms with E-state index in [4.69, 9.17) is 23.7 Å². The largest absolute Gasteiger partial charge is 0.497 e. The number of carbonyl (C=O) groups excluding carboxylic acids is 2. The smallest absolute Gasteiger partial charge is 0.349 e. The Hall–Kier alpha value is -6.04. The van der Waals surface area contributed by atoms with Crippen LogP contribution >= 0.6 is 0 Å². The number of pyridine rings is 2. The van der Waals surface area contributed by atoms with E-state index >= 15 is 0 Å². The second-order valence-corrected chi connectivity index (χ2v) is 17.3. The van der Waals surface area contributed by atoms with Gasteiger partial charge >= 0.3 is 11.9 Å². The number of hydrogen-bond acceptors (Lipinski definition) is 9. The summed E-state index contributed by atoms with van der Waals surface area (Å²) in [4.78, 5) is 58.3. The molecule has 0 fully saturated rings. The van der Waals surface area contributed by atoms with Gasteiger partial charge in [-0.05, 0) is 131 Å². The van der Waals surface area contributed by atoms with Gasteiger partial charge in [0, 0.05) is 30.6 Å². The molecule has 0 spiro atoms. The molecule has 1 aliphatic heterocycles. The number of esters is 2. The second kappa shape index (κ2) is 16.2. The van der Waals surface area contributed by atoms with E-state index in [0.717, 1.165) is 35.3 Å². The summed E-state index contributed by atoms with van der Waals surface area (Å²) in [5.41, 5.74) is 2.24. The number of fused-ring (bicyclic) bond motifs is 3. The third kappa shape index (κ3) is 8.11. The maximum absolute atomic E-state index is 15.0. The third-order valence-electron chi connectivity index (χ3n) is 10.7. The highest BCUT2D eigenvalue weighted by Crippen LogP contribution is 2.42. The lowest BCUT2D eigenvalue weighted by Crippen LogP contribution is -2.37. The van der Waals surface area contributed by atoms with Gasteiger partial charge in [0.1, 0.15) is 11.5 Å². The van der Waals surface area contributed by atoms with Crippen molar-refractivity contribution in [2.45, 2.75) is 84.7 Å². The van der Waals surface area contributed by atoms with E-state index in [1.54, 1.807) is 86.0 Å². The van der Waals surface area contributed by atoms with Gasteiger partial charge in [-0.2, -0.15) is 0 Å². The highest BCUT2D eigenvalue weighted by molar-refractivity contribution is 6.02. The molecule has 0 aliphatic carbocycles. The predicted molar refractivity (Wildman–Crippen MR) is 233 cm³/mol. The standard InChI is InChI=1S/C49H52N2O9/c1-28-16-11-12-18-32(28)39-33-19-13-14-20-35(33)44(52)51(9)41(39)43(60-49(5,6)7)47(55)58-46(54)42(59-48(2,3)4)40-38(30-21-24-37-29(26-30)17-15-25-57-37)34-23-22-31(56-10)27-36(34)45(53)50(40)8/h11-14,16,18-24,26-27,42-43H,15,17,25H2,1-10H3. The van der Waals surface area contributed by atoms with E-state index in [0.29, 0.717) is 50.6 Å². The van der Waals surface area contributed by atoms with Crippen LogP contribution in [0.1, 0.15) is 82.7 Å². The fraction of sp³-hybridized carbons (Fsp3) is 0.347. The lowest BCUT2D eigenvalue weighted by molar-refractivity contribution is -0.186. The Morgan fingerprint density at radius 1 is 0.683 bits per heavy atom. The van der Waals surface area contributed by atoms with Gasteiger partial charge in [-0.15, -0.1) is 0 Å². The molecule has 0 saturated carbocycles. The highest BCUT2D eigenvalue weighted by Gasteiger charge is 2.40. The predicted octanol–water partition coefficient (Wildman–Crippen LogP) is 8.85. The number of benzene rings is 4. The number of ether oxygens (including phenoxy) is 5. The van der Waals surface area contributed by atoms with Crippen molar-refractivity contribution in [1.29, 1.82) is 0 Å². The van der Waals surface area contributed by atoms with Crippen LogP contribution in [0.3, 0.4) is 0 Å². The molecule has 0 N–H and O–H groups in total. The molecule has 312 valence electrons. The summed E-state index contributed by atoms with van der Waals surface area (Å²) in [6, 6.07) is 25.9. The number of aryl methyl sites for hydroxylation is 2. The minimum atomic E-state index is -1.59. The molecule has 6 aromatic rings. The quantitative estimate of drug-likeness (QED) is 0.104. The monoisotopic (exact) mass is 812 g/mol. The molecule has 0 radical (unpaired) electrons. The molecule has 2 aromatic heterocycles. The average Bonchev–Trinajstić information content (AvgIpc) is 3.21. The summed E-state index contributed by atoms with van der Waals surface area (Å²) < 4.78 is 33.2. The normalized spacial score (nSPS) is 14.0. The number of carbonyl (C=O) groups is 2. The molecular formula is C49H52N2O9. The zero-order valence-electron chi connectivity index (χ0n) is 35.9. The van der Waals surface area contributed by atoms with Crippen LogP contribution < -0.4 is 20.6 Å². The van der Waals surface area contributed by atoms with Crippen LogP contribution in [0.15, 0.2) is 94.5 Å². The fourth-order valence-corrected chi connectivity index (χ4v) is 8.04. The Morgan fingerprint density at radius 3 is 1.87 bits per heavy atom. The maximum atomic E-state index is 15.0. The van der Waals surface area contributed by atoms with Crippen molar-refractivity contribution in [1.82, 2.24) is 9.13 Å². The van der Waals surface area contributed by atoms with Crippen LogP contribution in [0.25, 0.3) is 43.8 Å². The lowest BCUT2D eigenvalue weighted by atomic mass is 9.91. The van der Waals surface area contributed by atoms with Crippen LogP contribution in [0.4, 0.5) is 0 Å². The van der Waals surface area contributed by atoms with Gasteiger partial charge in [0.2, 0.25) is 0 Å². The Labute approximate surface area is 349 Å². The van der Waals surface area contributed by atoms with Crippen molar-refractivity contribution >= 4 is 33.5 Å². The molecule has 0 amide bonds. The van der Waals surface area contributed by atoms with E-state index in [9.17, 15) is 19.2 Å². The summed E-state index contributed by atoms with van der Waals surface area (Å²) in [6.45, 7) is 13.2. The van der Waals surface area contributed by atoms with E-state index < -0.39 is 40.9 Å². The molecule has 0 saturated heterocycles. The average molecular weight is 813 g/mol. The molecule has 1 aliphatic rings. The second-order valence-electron chi connectivity index (χ2n) is 17.3. The first-order valence-corrected chi connectivity index (χ1v) is 20.1. The summed E-state index contributed by atoms with van der Waals surface area (Å²) in [6.07, 6.45) is -1.53. The maximum Gasteiger partial charge on any atom is 0.349 e. The zero-order valence-corrected chi connectivity index (χ0v) is 35.9. The molecule has 2 atom stereocenters. The summed E-state index contributed by atoms with van der Waals surface area (Å²) in [5, 5.41) is 1.98. The first-order valence-electron chi connectivity index (χ1n) is 20.1. The van der Waals surface area contributed by atoms with Crippen molar-refractivity contribution in [3.8, 4) is 33.8 Å². The Kier molecular flexibility index (Phi) is 11.4. The molecule has 7 rings (SSSR count). The molecule has 3 heterocycles. The van der Waals surface area contributed by atoms with Gasteiger partial charge in [-0.25, -0.2) is 9.59 Å². The first-order chi connectivity index (χ1) is 28.4. The van der Waals surface area contributed by atoms with E-state index in [2.05, 4.69) is 0 Å². The Morgan fingerprint density at radius 2 is 1.25 bits per heavy atom. The van der Waals surface area contributed by atoms with Crippen molar-refractivity contribution in [2.75, 3.05) is 13.7 Å². The molecule has 11 heteroatoms. The van der Waals surface area contributed by atoms with Crippen LogP contribution in [-0.4, -0.2) is 46.0 Å². The molecule has 2 unspecified atom stereocenters. The Balaban J connectivity index is 1.44. The van der Waals surface area contributed by atoms with Crippen molar-refractivity contribution in [3.05, 3.63) is 128 Å². The minimum Gasteiger partial charge on any atom is -0.497 e. The number of rotatable bonds is 9. The number of hydrogen-bond donors (Lipinski definition) is 0. The van der Waals surface area contributed by atoms with Crippen LogP contribution in [-0.2, 0) is 44.3 Å². The van der Waals surface area contributed by atoms with Gasteiger partial charge in [-0.3, -0.25) is 9.59 Å². The van der Waals surface area contributed by atoms with Crippen LogP contribution in [0, 0.1) is 6.92 Å². The molecule has 4 aromatic carbocycles. The Bertz CT molecular complexity index is 2780. The van der Waals surface area contributed by atoms with Gasteiger partial charge in [-0.1, -0.05) is 48.5 Å². The van der Waals surface area contributed by atoms with E-state index in [1.807, 2.05) is 61.5 Å². The fourth-order valence-electron chi connectivity index (χ4n) is 8.04. The zero-order chi connectivity index (χ0) is 43.3. The number of nitrogens with zero attached hydrogens (tertiary/aromatic N) is 2. The van der Waals surface area contributed by atoms with E-state index in [1.165, 1.54) is 16.2 Å². The van der Waals surface area contributed by atoms with Gasteiger partial charge < -0.3 is 32.8 Å². The number of methoxy groups -OCH3 is 1. The molecule has 11 nitrogen and oxygen atoms in total. The van der Waals surface area contributed by atoms with E-state index in [-0.39, 0.29) is 16.9 Å². The first kappa shape index (κ1) is 42.1. The van der Waals surface area contributed by atoms with Crippen LogP contribution in [0.2, 0.25) is 0 Å². The van der Waals surface area contributed by atoms with Gasteiger partial charge in [0.05, 0.1) is 41.7 Å². The van der Waals surface area contributed by atoms with Crippen LogP contribution in [0.5, 0.6) is 11.5 Å². The third-order valence-corrected chi connectivity index (χ3v) is 10.7. The van der Waals surface area contributed by atoms with Gasteiger partial charge in [0.15, 0.2) is 12.2 Å². The van der Waals surface area contributed by atoms with Gasteiger partial charge in [0.25, 0.3) is 11.1 Å². The SMILES string of the molecule is COc1ccc2c(-c3ccc4c(c3)CCCO4)c(C(OC(C)(C)C)C(=O)OC(=O)C(OC(C)(C)C)c3c(-c4ccccc4C)c4ccccc4c(=O)n3C)n(C)c(=O)c2c1. The topological polar surface area (TPSA) is 124 Å². The summed E-state index contributed by atoms with van der Waals surface area (Å²) in [5.74, 6) is -0.859. The highest BCUT2D eigenvalue weighted by atomic mass is 16.6. The minimum absolute atomic E-state index is 0.189. The molecule has 60 heavy (non-hydrogen) atoms. The molecule has 0 bridgehead atoms. The van der Waals surface area contributed by atoms with Crippen molar-refractivity contribution < 1.29 is 33.3 Å². The van der Waals surface area contributed by atoms with Crippen molar-refractivity contribution in [2.24, 2.45) is 14.1 Å². The number of aromatic nitrogens is 2. The summed E-state index contributed by atoms with van der Waals surface area (Å²) >= 11 is 0.